The number of ether oxygens (including phenoxy) is 1. The molecule has 0 aliphatic carbocycles. The van der Waals surface area contributed by atoms with Crippen LogP contribution < -0.4 is 15.4 Å². The van der Waals surface area contributed by atoms with E-state index >= 15 is 0 Å². The molecule has 0 saturated carbocycles. The van der Waals surface area contributed by atoms with Crippen LogP contribution in [0.5, 0.6) is 5.75 Å². The highest BCUT2D eigenvalue weighted by Crippen LogP contribution is 2.19. The molecule has 3 N–H and O–H groups in total. The lowest BCUT2D eigenvalue weighted by atomic mass is 10.1. The van der Waals surface area contributed by atoms with Crippen LogP contribution in [0.1, 0.15) is 17.2 Å². The second kappa shape index (κ2) is 9.53. The van der Waals surface area contributed by atoms with Crippen molar-refractivity contribution in [3.8, 4) is 5.75 Å². The van der Waals surface area contributed by atoms with Gasteiger partial charge in [-0.2, -0.15) is 0 Å². The zero-order valence-corrected chi connectivity index (χ0v) is 15.1. The maximum absolute atomic E-state index is 13.7. The predicted molar refractivity (Wildman–Crippen MR) is 106 cm³/mol. The molecular formula is C22H21FN2O3. The van der Waals surface area contributed by atoms with E-state index in [0.29, 0.717) is 5.69 Å². The van der Waals surface area contributed by atoms with Crippen LogP contribution in [-0.2, 0) is 6.61 Å². The molecule has 1 unspecified atom stereocenters. The Labute approximate surface area is 162 Å². The van der Waals surface area contributed by atoms with Crippen LogP contribution in [0.3, 0.4) is 0 Å². The minimum atomic E-state index is -1.14. The van der Waals surface area contributed by atoms with Gasteiger partial charge in [0, 0.05) is 23.4 Å². The molecule has 28 heavy (non-hydrogen) atoms. The molecule has 0 aromatic heterocycles. The van der Waals surface area contributed by atoms with Gasteiger partial charge >= 0.3 is 6.03 Å². The van der Waals surface area contributed by atoms with Crippen molar-refractivity contribution in [2.24, 2.45) is 0 Å². The number of aliphatic hydroxyl groups excluding tert-OH is 1. The van der Waals surface area contributed by atoms with E-state index in [1.54, 1.807) is 24.3 Å². The van der Waals surface area contributed by atoms with E-state index in [2.05, 4.69) is 10.6 Å². The first-order valence-corrected chi connectivity index (χ1v) is 8.86. The summed E-state index contributed by atoms with van der Waals surface area (Å²) in [4.78, 5) is 12.2. The summed E-state index contributed by atoms with van der Waals surface area (Å²) in [6.45, 7) is 0.174. The molecule has 0 aliphatic rings. The largest absolute Gasteiger partial charge is 0.489 e. The Morgan fingerprint density at radius 1 is 0.964 bits per heavy atom. The van der Waals surface area contributed by atoms with Gasteiger partial charge in [-0.05, 0) is 24.3 Å². The van der Waals surface area contributed by atoms with Crippen molar-refractivity contribution in [3.05, 3.63) is 95.8 Å². The molecule has 1 atom stereocenters. The number of anilines is 1. The van der Waals surface area contributed by atoms with Crippen molar-refractivity contribution in [1.82, 2.24) is 5.32 Å². The number of aliphatic hydroxyl groups is 1. The number of urea groups is 1. The Balaban J connectivity index is 1.56. The topological polar surface area (TPSA) is 70.6 Å². The molecule has 0 aliphatic heterocycles. The Morgan fingerprint density at radius 3 is 2.43 bits per heavy atom. The average Bonchev–Trinajstić information content (AvgIpc) is 2.72. The Kier molecular flexibility index (Phi) is 6.59. The molecular weight excluding hydrogens is 359 g/mol. The predicted octanol–water partition coefficient (Wildman–Crippen LogP) is 4.26. The van der Waals surface area contributed by atoms with Crippen molar-refractivity contribution >= 4 is 11.7 Å². The summed E-state index contributed by atoms with van der Waals surface area (Å²) in [6.07, 6.45) is -1.14. The van der Waals surface area contributed by atoms with E-state index in [9.17, 15) is 14.3 Å². The third-order valence-corrected chi connectivity index (χ3v) is 4.12. The lowest BCUT2D eigenvalue weighted by molar-refractivity contribution is 0.170. The molecule has 5 nitrogen and oxygen atoms in total. The second-order valence-corrected chi connectivity index (χ2v) is 6.13. The van der Waals surface area contributed by atoms with Crippen molar-refractivity contribution < 1.29 is 19.0 Å². The van der Waals surface area contributed by atoms with Gasteiger partial charge in [-0.15, -0.1) is 0 Å². The number of benzene rings is 3. The van der Waals surface area contributed by atoms with Gasteiger partial charge in [0.15, 0.2) is 0 Å². The maximum atomic E-state index is 13.7. The Hall–Kier alpha value is -3.38. The van der Waals surface area contributed by atoms with Crippen LogP contribution in [0, 0.1) is 5.82 Å². The van der Waals surface area contributed by atoms with Gasteiger partial charge in [0.25, 0.3) is 0 Å². The maximum Gasteiger partial charge on any atom is 0.319 e. The summed E-state index contributed by atoms with van der Waals surface area (Å²) in [6, 6.07) is 22.1. The summed E-state index contributed by atoms with van der Waals surface area (Å²) < 4.78 is 19.4. The minimum absolute atomic E-state index is 0.116. The lowest BCUT2D eigenvalue weighted by Gasteiger charge is -2.15. The van der Waals surface area contributed by atoms with E-state index in [4.69, 9.17) is 4.74 Å². The Bertz CT molecular complexity index is 918. The first-order chi connectivity index (χ1) is 13.6. The minimum Gasteiger partial charge on any atom is -0.489 e. The van der Waals surface area contributed by atoms with Gasteiger partial charge in [0.05, 0.1) is 6.10 Å². The van der Waals surface area contributed by atoms with Gasteiger partial charge in [-0.1, -0.05) is 54.6 Å². The van der Waals surface area contributed by atoms with Crippen LogP contribution in [0.25, 0.3) is 0 Å². The fraction of sp³-hybridized carbons (Fsp3) is 0.136. The van der Waals surface area contributed by atoms with E-state index in [1.807, 2.05) is 42.5 Å². The van der Waals surface area contributed by atoms with Gasteiger partial charge in [-0.25, -0.2) is 9.18 Å². The van der Waals surface area contributed by atoms with Crippen molar-refractivity contribution in [1.29, 1.82) is 0 Å². The smallest absolute Gasteiger partial charge is 0.319 e. The number of hydrogen-bond acceptors (Lipinski definition) is 3. The molecule has 0 heterocycles. The number of carbonyl (C=O) groups is 1. The van der Waals surface area contributed by atoms with E-state index in [-0.39, 0.29) is 18.7 Å². The van der Waals surface area contributed by atoms with Crippen molar-refractivity contribution in [2.75, 3.05) is 11.9 Å². The number of hydrogen-bond donors (Lipinski definition) is 3. The monoisotopic (exact) mass is 380 g/mol. The van der Waals surface area contributed by atoms with Crippen LogP contribution >= 0.6 is 0 Å². The molecule has 0 radical (unpaired) electrons. The molecule has 2 amide bonds. The molecule has 0 bridgehead atoms. The summed E-state index contributed by atoms with van der Waals surface area (Å²) in [5.41, 5.74) is 1.53. The lowest BCUT2D eigenvalue weighted by Crippen LogP contribution is -2.33. The number of rotatable bonds is 7. The number of para-hydroxylation sites is 2. The molecule has 0 fully saturated rings. The number of nitrogens with one attached hydrogen (secondary N) is 2. The summed E-state index contributed by atoms with van der Waals surface area (Å²) in [5, 5.41) is 15.4. The fourth-order valence-corrected chi connectivity index (χ4v) is 2.66. The van der Waals surface area contributed by atoms with E-state index in [1.165, 1.54) is 12.1 Å². The normalized spacial score (nSPS) is 11.5. The molecule has 0 spiro atoms. The van der Waals surface area contributed by atoms with Crippen LogP contribution in [0.15, 0.2) is 78.9 Å². The zero-order valence-electron chi connectivity index (χ0n) is 15.1. The average molecular weight is 380 g/mol. The number of halogens is 1. The van der Waals surface area contributed by atoms with Crippen molar-refractivity contribution in [2.45, 2.75) is 12.7 Å². The second-order valence-electron chi connectivity index (χ2n) is 6.13. The molecule has 3 aromatic carbocycles. The summed E-state index contributed by atoms with van der Waals surface area (Å²) in [7, 11) is 0. The third kappa shape index (κ3) is 5.31. The number of carbonyl (C=O) groups excluding carboxylic acids is 1. The van der Waals surface area contributed by atoms with Gasteiger partial charge in [0.1, 0.15) is 18.2 Å². The molecule has 144 valence electrons. The van der Waals surface area contributed by atoms with Gasteiger partial charge < -0.3 is 20.5 Å². The first-order valence-electron chi connectivity index (χ1n) is 8.86. The molecule has 0 saturated heterocycles. The van der Waals surface area contributed by atoms with Gasteiger partial charge in [0.2, 0.25) is 0 Å². The molecule has 3 aromatic rings. The number of amides is 2. The standard InChI is InChI=1S/C22H21FN2O3/c23-19-12-6-5-11-18(19)21(26)14-24-22(27)25-20-13-7-4-8-16(20)15-28-17-9-2-1-3-10-17/h1-13,21,26H,14-15H2,(H2,24,25,27). The van der Waals surface area contributed by atoms with E-state index < -0.39 is 18.0 Å². The molecule has 3 rings (SSSR count). The Morgan fingerprint density at radius 2 is 1.64 bits per heavy atom. The quantitative estimate of drug-likeness (QED) is 0.574. The SMILES string of the molecule is O=C(NCC(O)c1ccccc1F)Nc1ccccc1COc1ccccc1. The van der Waals surface area contributed by atoms with Crippen LogP contribution in [-0.4, -0.2) is 17.7 Å². The van der Waals surface area contributed by atoms with Crippen LogP contribution in [0.4, 0.5) is 14.9 Å². The van der Waals surface area contributed by atoms with Gasteiger partial charge in [-0.3, -0.25) is 0 Å². The highest BCUT2D eigenvalue weighted by atomic mass is 19.1. The van der Waals surface area contributed by atoms with Crippen LogP contribution in [0.2, 0.25) is 0 Å². The summed E-state index contributed by atoms with van der Waals surface area (Å²) in [5.74, 6) is 0.218. The zero-order chi connectivity index (χ0) is 19.8. The fourth-order valence-electron chi connectivity index (χ4n) is 2.66. The highest BCUT2D eigenvalue weighted by Gasteiger charge is 2.14. The van der Waals surface area contributed by atoms with Crippen molar-refractivity contribution in [3.63, 3.8) is 0 Å². The third-order valence-electron chi connectivity index (χ3n) is 4.12. The first kappa shape index (κ1) is 19.4. The summed E-state index contributed by atoms with van der Waals surface area (Å²) >= 11 is 0. The highest BCUT2D eigenvalue weighted by molar-refractivity contribution is 5.90. The molecule has 6 heteroatoms. The van der Waals surface area contributed by atoms with E-state index in [0.717, 1.165) is 11.3 Å².